The molecule has 0 aliphatic rings. The number of aromatic nitrogens is 1. The summed E-state index contributed by atoms with van der Waals surface area (Å²) in [5, 5.41) is 12.0. The summed E-state index contributed by atoms with van der Waals surface area (Å²) in [5.41, 5.74) is 2.25. The minimum Gasteiger partial charge on any atom is -0.550 e. The quantitative estimate of drug-likeness (QED) is 0.575. The SMILES string of the molecule is COc1cc(/C=C(\CC(=O)[O-])c2nc3ccccc3s2)ccc1OCC(C)C. The zero-order chi connectivity index (χ0) is 20.1. The van der Waals surface area contributed by atoms with E-state index in [1.54, 1.807) is 7.11 Å². The number of aliphatic carboxylic acids is 1. The summed E-state index contributed by atoms with van der Waals surface area (Å²) in [4.78, 5) is 15.9. The van der Waals surface area contributed by atoms with Crippen LogP contribution in [-0.4, -0.2) is 24.7 Å². The summed E-state index contributed by atoms with van der Waals surface area (Å²) in [5.74, 6) is 0.522. The molecule has 3 rings (SSSR count). The molecule has 1 aromatic heterocycles. The number of para-hydroxylation sites is 1. The van der Waals surface area contributed by atoms with Crippen LogP contribution in [0, 0.1) is 5.92 Å². The van der Waals surface area contributed by atoms with E-state index in [-0.39, 0.29) is 6.42 Å². The van der Waals surface area contributed by atoms with Gasteiger partial charge in [-0.05, 0) is 47.4 Å². The second kappa shape index (κ2) is 8.89. The first-order valence-corrected chi connectivity index (χ1v) is 9.85. The fourth-order valence-electron chi connectivity index (χ4n) is 2.70. The smallest absolute Gasteiger partial charge is 0.161 e. The van der Waals surface area contributed by atoms with E-state index in [0.29, 0.717) is 34.6 Å². The Hall–Kier alpha value is -2.86. The highest BCUT2D eigenvalue weighted by atomic mass is 32.1. The molecule has 0 N–H and O–H groups in total. The fourth-order valence-corrected chi connectivity index (χ4v) is 3.68. The number of ether oxygens (including phenoxy) is 2. The van der Waals surface area contributed by atoms with Gasteiger partial charge in [0.15, 0.2) is 11.5 Å². The predicted molar refractivity (Wildman–Crippen MR) is 110 cm³/mol. The van der Waals surface area contributed by atoms with Gasteiger partial charge in [-0.15, -0.1) is 11.3 Å². The van der Waals surface area contributed by atoms with Gasteiger partial charge < -0.3 is 19.4 Å². The molecule has 5 nitrogen and oxygen atoms in total. The third kappa shape index (κ3) is 4.89. The molecule has 28 heavy (non-hydrogen) atoms. The van der Waals surface area contributed by atoms with Crippen LogP contribution in [0.3, 0.4) is 0 Å². The molecule has 0 aliphatic heterocycles. The second-order valence-corrected chi connectivity index (χ2v) is 7.85. The molecule has 0 saturated heterocycles. The molecule has 0 radical (unpaired) electrons. The molecule has 3 aromatic rings. The Kier molecular flexibility index (Phi) is 6.31. The third-order valence-corrected chi connectivity index (χ3v) is 5.12. The summed E-state index contributed by atoms with van der Waals surface area (Å²) in [6.45, 7) is 4.74. The number of fused-ring (bicyclic) bond motifs is 1. The molecule has 0 spiro atoms. The maximum Gasteiger partial charge on any atom is 0.161 e. The van der Waals surface area contributed by atoms with E-state index < -0.39 is 5.97 Å². The Morgan fingerprint density at radius 1 is 1.21 bits per heavy atom. The predicted octanol–water partition coefficient (Wildman–Crippen LogP) is 4.02. The lowest BCUT2D eigenvalue weighted by Gasteiger charge is -2.13. The van der Waals surface area contributed by atoms with Crippen LogP contribution in [0.5, 0.6) is 11.5 Å². The van der Waals surface area contributed by atoms with Gasteiger partial charge in [0.25, 0.3) is 0 Å². The average molecular weight is 396 g/mol. The lowest BCUT2D eigenvalue weighted by Crippen LogP contribution is -2.22. The van der Waals surface area contributed by atoms with Crippen molar-refractivity contribution in [3.8, 4) is 11.5 Å². The molecule has 146 valence electrons. The standard InChI is InChI=1S/C22H23NO4S/c1-14(2)13-27-18-9-8-15(11-19(18)26-3)10-16(12-21(24)25)22-23-17-6-4-5-7-20(17)28-22/h4-11,14H,12-13H2,1-3H3,(H,24,25)/p-1/b16-10+. The molecule has 2 aromatic carbocycles. The van der Waals surface area contributed by atoms with E-state index in [1.807, 2.05) is 48.5 Å². The van der Waals surface area contributed by atoms with Gasteiger partial charge >= 0.3 is 0 Å². The lowest BCUT2D eigenvalue weighted by molar-refractivity contribution is -0.304. The van der Waals surface area contributed by atoms with Crippen molar-refractivity contribution in [2.45, 2.75) is 20.3 Å². The summed E-state index contributed by atoms with van der Waals surface area (Å²) < 4.78 is 12.2. The van der Waals surface area contributed by atoms with E-state index in [9.17, 15) is 9.90 Å². The van der Waals surface area contributed by atoms with Crippen molar-refractivity contribution in [1.82, 2.24) is 4.98 Å². The largest absolute Gasteiger partial charge is 0.550 e. The van der Waals surface area contributed by atoms with E-state index in [2.05, 4.69) is 18.8 Å². The zero-order valence-corrected chi connectivity index (χ0v) is 16.9. The number of thiazole rings is 1. The normalized spacial score (nSPS) is 11.8. The van der Waals surface area contributed by atoms with Gasteiger partial charge in [-0.2, -0.15) is 0 Å². The van der Waals surface area contributed by atoms with Crippen molar-refractivity contribution in [2.75, 3.05) is 13.7 Å². The Balaban J connectivity index is 1.96. The number of carboxylic acid groups (broad SMARTS) is 1. The first-order chi connectivity index (χ1) is 13.5. The van der Waals surface area contributed by atoms with Crippen LogP contribution in [0.2, 0.25) is 0 Å². The Morgan fingerprint density at radius 2 is 2.00 bits per heavy atom. The van der Waals surface area contributed by atoms with Crippen molar-refractivity contribution < 1.29 is 19.4 Å². The highest BCUT2D eigenvalue weighted by molar-refractivity contribution is 7.19. The Bertz CT molecular complexity index is 974. The lowest BCUT2D eigenvalue weighted by atomic mass is 10.1. The fraction of sp³-hybridized carbons (Fsp3) is 0.273. The van der Waals surface area contributed by atoms with E-state index >= 15 is 0 Å². The van der Waals surface area contributed by atoms with Gasteiger partial charge in [0.2, 0.25) is 0 Å². The first kappa shape index (κ1) is 19.9. The second-order valence-electron chi connectivity index (χ2n) is 6.82. The summed E-state index contributed by atoms with van der Waals surface area (Å²) in [6, 6.07) is 13.3. The summed E-state index contributed by atoms with van der Waals surface area (Å²) >= 11 is 1.46. The molecule has 6 heteroatoms. The van der Waals surface area contributed by atoms with E-state index in [1.165, 1.54) is 11.3 Å². The maximum absolute atomic E-state index is 11.3. The number of hydrogen-bond acceptors (Lipinski definition) is 6. The van der Waals surface area contributed by atoms with Gasteiger partial charge in [-0.1, -0.05) is 32.0 Å². The number of nitrogens with zero attached hydrogens (tertiary/aromatic N) is 1. The molecular weight excluding hydrogens is 374 g/mol. The van der Waals surface area contributed by atoms with Crippen LogP contribution >= 0.6 is 11.3 Å². The third-order valence-electron chi connectivity index (χ3n) is 4.00. The summed E-state index contributed by atoms with van der Waals surface area (Å²) in [6.07, 6.45) is 1.59. The van der Waals surface area contributed by atoms with Gasteiger partial charge in [-0.3, -0.25) is 0 Å². The topological polar surface area (TPSA) is 71.5 Å². The average Bonchev–Trinajstić information content (AvgIpc) is 3.10. The van der Waals surface area contributed by atoms with Gasteiger partial charge in [0.1, 0.15) is 5.01 Å². The number of carbonyl (C=O) groups excluding carboxylic acids is 1. The van der Waals surface area contributed by atoms with Crippen LogP contribution in [0.15, 0.2) is 42.5 Å². The monoisotopic (exact) mass is 396 g/mol. The molecular formula is C22H22NO4S-. The number of carboxylic acids is 1. The number of hydrogen-bond donors (Lipinski definition) is 0. The molecule has 0 amide bonds. The summed E-state index contributed by atoms with van der Waals surface area (Å²) in [7, 11) is 1.58. The van der Waals surface area contributed by atoms with Crippen LogP contribution in [-0.2, 0) is 4.79 Å². The minimum absolute atomic E-state index is 0.215. The number of methoxy groups -OCH3 is 1. The highest BCUT2D eigenvalue weighted by Crippen LogP contribution is 2.33. The molecule has 0 bridgehead atoms. The molecule has 0 fully saturated rings. The molecule has 0 aliphatic carbocycles. The van der Waals surface area contributed by atoms with Crippen molar-refractivity contribution >= 4 is 39.2 Å². The minimum atomic E-state index is -1.14. The van der Waals surface area contributed by atoms with Crippen molar-refractivity contribution in [3.63, 3.8) is 0 Å². The van der Waals surface area contributed by atoms with E-state index in [0.717, 1.165) is 15.8 Å². The van der Waals surface area contributed by atoms with Gasteiger partial charge in [0, 0.05) is 12.4 Å². The first-order valence-electron chi connectivity index (χ1n) is 9.03. The number of carbonyl (C=O) groups is 1. The molecule has 0 atom stereocenters. The van der Waals surface area contributed by atoms with Crippen LogP contribution in [0.25, 0.3) is 21.9 Å². The Labute approximate surface area is 168 Å². The molecule has 0 unspecified atom stereocenters. The van der Waals surface area contributed by atoms with Gasteiger partial charge in [-0.25, -0.2) is 4.98 Å². The zero-order valence-electron chi connectivity index (χ0n) is 16.1. The number of rotatable bonds is 8. The van der Waals surface area contributed by atoms with E-state index in [4.69, 9.17) is 9.47 Å². The van der Waals surface area contributed by atoms with Crippen molar-refractivity contribution in [3.05, 3.63) is 53.0 Å². The van der Waals surface area contributed by atoms with Crippen LogP contribution in [0.1, 0.15) is 30.8 Å². The van der Waals surface area contributed by atoms with Crippen molar-refractivity contribution in [2.24, 2.45) is 5.92 Å². The number of benzene rings is 2. The van der Waals surface area contributed by atoms with Gasteiger partial charge in [0.05, 0.1) is 23.9 Å². The van der Waals surface area contributed by atoms with Crippen LogP contribution < -0.4 is 14.6 Å². The molecule has 0 saturated carbocycles. The maximum atomic E-state index is 11.3. The van der Waals surface area contributed by atoms with Crippen LogP contribution in [0.4, 0.5) is 0 Å². The Morgan fingerprint density at radius 3 is 2.68 bits per heavy atom. The highest BCUT2D eigenvalue weighted by Gasteiger charge is 2.11. The molecule has 1 heterocycles. The van der Waals surface area contributed by atoms with Crippen molar-refractivity contribution in [1.29, 1.82) is 0 Å².